The van der Waals surface area contributed by atoms with E-state index < -0.39 is 5.41 Å². The molecule has 1 aliphatic carbocycles. The lowest BCUT2D eigenvalue weighted by Crippen LogP contribution is -2.53. The fourth-order valence-electron chi connectivity index (χ4n) is 2.07. The molecule has 4 nitrogen and oxygen atoms in total. The molecule has 0 aromatic heterocycles. The maximum absolute atomic E-state index is 12.1. The van der Waals surface area contributed by atoms with E-state index in [0.717, 1.165) is 32.2 Å². The predicted octanol–water partition coefficient (Wildman–Crippen LogP) is 1.29. The Morgan fingerprint density at radius 1 is 1.50 bits per heavy atom. The fourth-order valence-corrected chi connectivity index (χ4v) is 2.37. The molecule has 0 spiro atoms. The Bertz CT molecular complexity index is 313. The van der Waals surface area contributed by atoms with Crippen molar-refractivity contribution in [2.75, 3.05) is 20.1 Å². The van der Waals surface area contributed by atoms with Gasteiger partial charge in [-0.1, -0.05) is 18.6 Å². The summed E-state index contributed by atoms with van der Waals surface area (Å²) in [6.45, 7) is 6.00. The normalized spacial score (nSPS) is 17.6. The molecule has 0 bridgehead atoms. The van der Waals surface area contributed by atoms with Crippen LogP contribution in [0.1, 0.15) is 39.5 Å². The number of hydrogen-bond acceptors (Lipinski definition) is 3. The smallest absolute Gasteiger partial charge is 0.233 e. The van der Waals surface area contributed by atoms with E-state index in [1.54, 1.807) is 0 Å². The highest BCUT2D eigenvalue weighted by Gasteiger charge is 2.46. The molecule has 1 fully saturated rings. The molecule has 0 aliphatic heterocycles. The molecule has 1 amide bonds. The topological polar surface area (TPSA) is 58.4 Å². The van der Waals surface area contributed by atoms with Crippen LogP contribution in [0.25, 0.3) is 0 Å². The van der Waals surface area contributed by atoms with E-state index in [0.29, 0.717) is 17.6 Å². The summed E-state index contributed by atoms with van der Waals surface area (Å²) in [7, 11) is 2.09. The molecule has 0 saturated heterocycles. The summed E-state index contributed by atoms with van der Waals surface area (Å²) < 4.78 is 0. The summed E-state index contributed by atoms with van der Waals surface area (Å²) in [4.78, 5) is 14.7. The molecule has 0 atom stereocenters. The first-order chi connectivity index (χ1) is 8.40. The molecule has 5 heteroatoms. The number of thiocarbonyl (C=S) groups is 1. The van der Waals surface area contributed by atoms with Gasteiger partial charge in [-0.3, -0.25) is 4.79 Å². The minimum Gasteiger partial charge on any atom is -0.392 e. The zero-order valence-electron chi connectivity index (χ0n) is 11.7. The van der Waals surface area contributed by atoms with Gasteiger partial charge in [-0.05, 0) is 46.7 Å². The van der Waals surface area contributed by atoms with Crippen LogP contribution in [-0.4, -0.2) is 42.0 Å². The number of amides is 1. The number of hydrogen-bond donors (Lipinski definition) is 2. The molecule has 104 valence electrons. The van der Waals surface area contributed by atoms with E-state index in [1.165, 1.54) is 0 Å². The van der Waals surface area contributed by atoms with Gasteiger partial charge in [0.2, 0.25) is 5.91 Å². The van der Waals surface area contributed by atoms with Gasteiger partial charge in [0.1, 0.15) is 0 Å². The van der Waals surface area contributed by atoms with E-state index in [-0.39, 0.29) is 5.91 Å². The van der Waals surface area contributed by atoms with Crippen LogP contribution in [0.3, 0.4) is 0 Å². The number of carbonyl (C=O) groups is 1. The average Bonchev–Trinajstić information content (AvgIpc) is 2.21. The van der Waals surface area contributed by atoms with Gasteiger partial charge >= 0.3 is 0 Å². The molecule has 0 aromatic carbocycles. The summed E-state index contributed by atoms with van der Waals surface area (Å²) in [6, 6.07) is 0.537. The van der Waals surface area contributed by atoms with E-state index in [2.05, 4.69) is 31.1 Å². The van der Waals surface area contributed by atoms with Crippen molar-refractivity contribution >= 4 is 23.1 Å². The van der Waals surface area contributed by atoms with Gasteiger partial charge in [-0.2, -0.15) is 0 Å². The fraction of sp³-hybridized carbons (Fsp3) is 0.846. The molecule has 0 radical (unpaired) electrons. The maximum Gasteiger partial charge on any atom is 0.233 e. The Morgan fingerprint density at radius 2 is 2.11 bits per heavy atom. The van der Waals surface area contributed by atoms with Crippen molar-refractivity contribution in [2.24, 2.45) is 11.1 Å². The minimum absolute atomic E-state index is 0.0217. The van der Waals surface area contributed by atoms with Gasteiger partial charge in [0.15, 0.2) is 0 Å². The number of nitrogens with one attached hydrogen (secondary N) is 1. The van der Waals surface area contributed by atoms with E-state index in [4.69, 9.17) is 18.0 Å². The second-order valence-electron chi connectivity index (χ2n) is 5.48. The molecule has 0 unspecified atom stereocenters. The second-order valence-corrected chi connectivity index (χ2v) is 5.92. The monoisotopic (exact) mass is 271 g/mol. The highest BCUT2D eigenvalue weighted by molar-refractivity contribution is 7.80. The highest BCUT2D eigenvalue weighted by atomic mass is 32.1. The van der Waals surface area contributed by atoms with E-state index >= 15 is 0 Å². The van der Waals surface area contributed by atoms with Gasteiger partial charge in [0, 0.05) is 12.6 Å². The first-order valence-electron chi connectivity index (χ1n) is 6.68. The molecule has 1 rings (SSSR count). The van der Waals surface area contributed by atoms with Gasteiger partial charge in [0.25, 0.3) is 0 Å². The third kappa shape index (κ3) is 3.42. The largest absolute Gasteiger partial charge is 0.392 e. The van der Waals surface area contributed by atoms with Crippen LogP contribution in [0, 0.1) is 5.41 Å². The summed E-state index contributed by atoms with van der Waals surface area (Å²) in [6.07, 6.45) is 3.61. The number of nitrogens with two attached hydrogens (primary N) is 1. The Labute approximate surface area is 115 Å². The minimum atomic E-state index is -0.542. The van der Waals surface area contributed by atoms with Crippen LogP contribution >= 0.6 is 12.2 Å². The van der Waals surface area contributed by atoms with Gasteiger partial charge < -0.3 is 16.0 Å². The van der Waals surface area contributed by atoms with Crippen molar-refractivity contribution in [3.05, 3.63) is 0 Å². The Morgan fingerprint density at radius 3 is 2.50 bits per heavy atom. The van der Waals surface area contributed by atoms with Crippen LogP contribution in [0.2, 0.25) is 0 Å². The lowest BCUT2D eigenvalue weighted by molar-refractivity contribution is -0.130. The van der Waals surface area contributed by atoms with Crippen molar-refractivity contribution in [1.82, 2.24) is 10.2 Å². The summed E-state index contributed by atoms with van der Waals surface area (Å²) in [5, 5.41) is 2.97. The molecule has 0 aromatic rings. The van der Waals surface area contributed by atoms with E-state index in [9.17, 15) is 4.79 Å². The highest BCUT2D eigenvalue weighted by Crippen LogP contribution is 2.41. The van der Waals surface area contributed by atoms with Crippen molar-refractivity contribution in [3.63, 3.8) is 0 Å². The Balaban J connectivity index is 2.27. The summed E-state index contributed by atoms with van der Waals surface area (Å²) in [5.41, 5.74) is 5.15. The van der Waals surface area contributed by atoms with Crippen molar-refractivity contribution < 1.29 is 4.79 Å². The van der Waals surface area contributed by atoms with Gasteiger partial charge in [-0.25, -0.2) is 0 Å². The van der Waals surface area contributed by atoms with Crippen LogP contribution in [0.5, 0.6) is 0 Å². The third-order valence-corrected chi connectivity index (χ3v) is 4.36. The first-order valence-corrected chi connectivity index (χ1v) is 7.09. The zero-order valence-corrected chi connectivity index (χ0v) is 12.5. The van der Waals surface area contributed by atoms with Crippen LogP contribution in [-0.2, 0) is 4.79 Å². The lowest BCUT2D eigenvalue weighted by atomic mass is 9.68. The Hall–Kier alpha value is -0.680. The molecular weight excluding hydrogens is 246 g/mol. The first kappa shape index (κ1) is 15.4. The molecule has 0 heterocycles. The molecule has 1 saturated carbocycles. The molecule has 1 aliphatic rings. The van der Waals surface area contributed by atoms with Crippen LogP contribution in [0.4, 0.5) is 0 Å². The number of nitrogens with zero attached hydrogens (tertiary/aromatic N) is 1. The van der Waals surface area contributed by atoms with E-state index in [1.807, 2.05) is 0 Å². The number of rotatable bonds is 7. The lowest BCUT2D eigenvalue weighted by Gasteiger charge is -2.39. The third-order valence-electron chi connectivity index (χ3n) is 3.97. The SMILES string of the molecule is CC(C)N(C)CCCNC(=O)C1(C(N)=S)CCC1. The van der Waals surface area contributed by atoms with Crippen molar-refractivity contribution in [3.8, 4) is 0 Å². The summed E-state index contributed by atoms with van der Waals surface area (Å²) >= 11 is 5.02. The average molecular weight is 271 g/mol. The van der Waals surface area contributed by atoms with Crippen LogP contribution < -0.4 is 11.1 Å². The quantitative estimate of drug-likeness (QED) is 0.541. The number of carbonyl (C=O) groups excluding carboxylic acids is 1. The Kier molecular flexibility index (Phi) is 5.53. The van der Waals surface area contributed by atoms with Crippen molar-refractivity contribution in [1.29, 1.82) is 0 Å². The standard InChI is InChI=1S/C13H25N3OS/c1-10(2)16(3)9-5-8-15-12(17)13(11(14)18)6-4-7-13/h10H,4-9H2,1-3H3,(H2,14,18)(H,15,17). The second kappa shape index (κ2) is 6.48. The molecule has 3 N–H and O–H groups in total. The summed E-state index contributed by atoms with van der Waals surface area (Å²) in [5.74, 6) is 0.0217. The van der Waals surface area contributed by atoms with Crippen molar-refractivity contribution in [2.45, 2.75) is 45.6 Å². The molecular formula is C13H25N3OS. The van der Waals surface area contributed by atoms with Gasteiger partial charge in [0.05, 0.1) is 10.4 Å². The molecule has 18 heavy (non-hydrogen) atoms. The van der Waals surface area contributed by atoms with Gasteiger partial charge in [-0.15, -0.1) is 0 Å². The van der Waals surface area contributed by atoms with Crippen LogP contribution in [0.15, 0.2) is 0 Å². The zero-order chi connectivity index (χ0) is 13.8. The predicted molar refractivity (Wildman–Crippen MR) is 78.5 cm³/mol. The maximum atomic E-state index is 12.1.